The van der Waals surface area contributed by atoms with Gasteiger partial charge in [0.25, 0.3) is 0 Å². The number of nitrogens with zero attached hydrogens (tertiary/aromatic N) is 3. The highest BCUT2D eigenvalue weighted by Gasteiger charge is 2.12. The van der Waals surface area contributed by atoms with Crippen molar-refractivity contribution in [2.45, 2.75) is 46.1 Å². The normalized spacial score (nSPS) is 10.8. The van der Waals surface area contributed by atoms with Crippen LogP contribution < -0.4 is 4.90 Å². The molecule has 0 aliphatic rings. The van der Waals surface area contributed by atoms with Gasteiger partial charge in [-0.2, -0.15) is 4.39 Å². The van der Waals surface area contributed by atoms with Gasteiger partial charge in [0.15, 0.2) is 0 Å². The van der Waals surface area contributed by atoms with Crippen LogP contribution in [0.5, 0.6) is 0 Å². The zero-order valence-electron chi connectivity index (χ0n) is 10.3. The van der Waals surface area contributed by atoms with E-state index >= 15 is 0 Å². The van der Waals surface area contributed by atoms with E-state index in [4.69, 9.17) is 0 Å². The first kappa shape index (κ1) is 12.9. The molecule has 1 heterocycles. The van der Waals surface area contributed by atoms with Gasteiger partial charge in [-0.3, -0.25) is 0 Å². The summed E-state index contributed by atoms with van der Waals surface area (Å²) in [7, 11) is 0. The van der Waals surface area contributed by atoms with Crippen LogP contribution in [0.4, 0.5) is 10.2 Å². The van der Waals surface area contributed by atoms with Crippen molar-refractivity contribution in [3.05, 3.63) is 18.3 Å². The molecule has 16 heavy (non-hydrogen) atoms. The summed E-state index contributed by atoms with van der Waals surface area (Å²) in [5.74, 6) is 0.213. The second kappa shape index (κ2) is 6.40. The zero-order chi connectivity index (χ0) is 12.0. The topological polar surface area (TPSA) is 29.0 Å². The second-order valence-electron chi connectivity index (χ2n) is 4.19. The van der Waals surface area contributed by atoms with Gasteiger partial charge in [0.05, 0.1) is 0 Å². The molecule has 90 valence electrons. The summed E-state index contributed by atoms with van der Waals surface area (Å²) in [6.07, 6.45) is 4.76. The molecular formula is C12H20FN3. The minimum atomic E-state index is -0.467. The van der Waals surface area contributed by atoms with Crippen molar-refractivity contribution in [2.75, 3.05) is 11.4 Å². The molecule has 0 atom stereocenters. The third kappa shape index (κ3) is 3.76. The molecule has 1 rings (SSSR count). The fourth-order valence-electron chi connectivity index (χ4n) is 1.65. The van der Waals surface area contributed by atoms with Crippen LogP contribution in [0.1, 0.15) is 40.0 Å². The molecule has 1 aromatic rings. The molecule has 0 aromatic carbocycles. The predicted octanol–water partition coefficient (Wildman–Crippen LogP) is 3.02. The number of hydrogen-bond acceptors (Lipinski definition) is 3. The Kier molecular flexibility index (Phi) is 5.15. The Morgan fingerprint density at radius 2 is 2.06 bits per heavy atom. The summed E-state index contributed by atoms with van der Waals surface area (Å²) in [6.45, 7) is 7.27. The minimum Gasteiger partial charge on any atom is -0.354 e. The predicted molar refractivity (Wildman–Crippen MR) is 64.0 cm³/mol. The van der Waals surface area contributed by atoms with Crippen LogP contribution in [0.25, 0.3) is 0 Å². The van der Waals surface area contributed by atoms with Gasteiger partial charge in [0, 0.05) is 18.7 Å². The molecule has 0 saturated carbocycles. The highest BCUT2D eigenvalue weighted by atomic mass is 19.1. The van der Waals surface area contributed by atoms with E-state index in [0.717, 1.165) is 13.0 Å². The maximum absolute atomic E-state index is 13.0. The molecule has 0 aliphatic carbocycles. The first-order valence-corrected chi connectivity index (χ1v) is 5.89. The molecule has 0 fully saturated rings. The third-order valence-electron chi connectivity index (χ3n) is 2.54. The molecule has 0 bridgehead atoms. The Morgan fingerprint density at radius 1 is 1.31 bits per heavy atom. The number of anilines is 1. The lowest BCUT2D eigenvalue weighted by Gasteiger charge is -2.27. The van der Waals surface area contributed by atoms with Crippen molar-refractivity contribution in [1.29, 1.82) is 0 Å². The van der Waals surface area contributed by atoms with E-state index in [0.29, 0.717) is 11.9 Å². The second-order valence-corrected chi connectivity index (χ2v) is 4.19. The van der Waals surface area contributed by atoms with Crippen molar-refractivity contribution < 1.29 is 4.39 Å². The fraction of sp³-hybridized carbons (Fsp3) is 0.667. The SMILES string of the molecule is CCCCCN(c1cc(F)ncn1)C(C)C. The van der Waals surface area contributed by atoms with Gasteiger partial charge in [-0.1, -0.05) is 19.8 Å². The molecule has 0 N–H and O–H groups in total. The number of aromatic nitrogens is 2. The average Bonchev–Trinajstić information content (AvgIpc) is 2.24. The lowest BCUT2D eigenvalue weighted by Crippen LogP contribution is -2.32. The number of hydrogen-bond donors (Lipinski definition) is 0. The van der Waals surface area contributed by atoms with Crippen molar-refractivity contribution in [2.24, 2.45) is 0 Å². The van der Waals surface area contributed by atoms with Gasteiger partial charge < -0.3 is 4.90 Å². The summed E-state index contributed by atoms with van der Waals surface area (Å²) in [5.41, 5.74) is 0. The van der Waals surface area contributed by atoms with Gasteiger partial charge in [-0.05, 0) is 20.3 Å². The van der Waals surface area contributed by atoms with E-state index in [1.54, 1.807) is 0 Å². The van der Waals surface area contributed by atoms with Gasteiger partial charge in [0.2, 0.25) is 5.95 Å². The maximum Gasteiger partial charge on any atom is 0.218 e. The van der Waals surface area contributed by atoms with Gasteiger partial charge in [-0.25, -0.2) is 9.97 Å². The number of unbranched alkanes of at least 4 members (excludes halogenated alkanes) is 2. The molecule has 0 spiro atoms. The summed E-state index contributed by atoms with van der Waals surface area (Å²) < 4.78 is 13.0. The average molecular weight is 225 g/mol. The molecule has 0 amide bonds. The Bertz CT molecular complexity index is 315. The van der Waals surface area contributed by atoms with Crippen LogP contribution in [-0.4, -0.2) is 22.6 Å². The van der Waals surface area contributed by atoms with E-state index in [1.807, 2.05) is 0 Å². The Hall–Kier alpha value is -1.19. The molecule has 0 unspecified atom stereocenters. The maximum atomic E-state index is 13.0. The zero-order valence-corrected chi connectivity index (χ0v) is 10.3. The van der Waals surface area contributed by atoms with Crippen LogP contribution in [0.3, 0.4) is 0 Å². The standard InChI is InChI=1S/C12H20FN3/c1-4-5-6-7-16(10(2)3)12-8-11(13)14-9-15-12/h8-10H,4-7H2,1-3H3. The largest absolute Gasteiger partial charge is 0.354 e. The van der Waals surface area contributed by atoms with Crippen molar-refractivity contribution in [3.63, 3.8) is 0 Å². The Labute approximate surface area is 96.7 Å². The minimum absolute atomic E-state index is 0.325. The summed E-state index contributed by atoms with van der Waals surface area (Å²) in [6, 6.07) is 1.72. The van der Waals surface area contributed by atoms with Crippen LogP contribution in [-0.2, 0) is 0 Å². The smallest absolute Gasteiger partial charge is 0.218 e. The van der Waals surface area contributed by atoms with Gasteiger partial charge in [0.1, 0.15) is 12.1 Å². The van der Waals surface area contributed by atoms with E-state index in [1.165, 1.54) is 25.2 Å². The molecular weight excluding hydrogens is 205 g/mol. The van der Waals surface area contributed by atoms with Crippen LogP contribution in [0, 0.1) is 5.95 Å². The van der Waals surface area contributed by atoms with E-state index in [2.05, 4.69) is 35.6 Å². The molecule has 0 saturated heterocycles. The van der Waals surface area contributed by atoms with E-state index in [-0.39, 0.29) is 0 Å². The van der Waals surface area contributed by atoms with Crippen LogP contribution >= 0.6 is 0 Å². The first-order chi connectivity index (χ1) is 7.65. The van der Waals surface area contributed by atoms with Gasteiger partial charge in [-0.15, -0.1) is 0 Å². The van der Waals surface area contributed by atoms with E-state index in [9.17, 15) is 4.39 Å². The van der Waals surface area contributed by atoms with Crippen LogP contribution in [0.2, 0.25) is 0 Å². The monoisotopic (exact) mass is 225 g/mol. The van der Waals surface area contributed by atoms with Crippen molar-refractivity contribution in [3.8, 4) is 0 Å². The van der Waals surface area contributed by atoms with Crippen LogP contribution in [0.15, 0.2) is 12.4 Å². The first-order valence-electron chi connectivity index (χ1n) is 5.89. The highest BCUT2D eigenvalue weighted by molar-refractivity contribution is 5.37. The van der Waals surface area contributed by atoms with E-state index < -0.39 is 5.95 Å². The summed E-state index contributed by atoms with van der Waals surface area (Å²) >= 11 is 0. The quantitative estimate of drug-likeness (QED) is 0.550. The lowest BCUT2D eigenvalue weighted by molar-refractivity contribution is 0.570. The fourth-order valence-corrected chi connectivity index (χ4v) is 1.65. The Balaban J connectivity index is 2.69. The summed E-state index contributed by atoms with van der Waals surface area (Å²) in [4.78, 5) is 9.70. The van der Waals surface area contributed by atoms with Crippen molar-refractivity contribution in [1.82, 2.24) is 9.97 Å². The Morgan fingerprint density at radius 3 is 2.62 bits per heavy atom. The molecule has 1 aromatic heterocycles. The highest BCUT2D eigenvalue weighted by Crippen LogP contribution is 2.15. The number of halogens is 1. The van der Waals surface area contributed by atoms with Crippen molar-refractivity contribution >= 4 is 5.82 Å². The molecule has 0 aliphatic heterocycles. The molecule has 0 radical (unpaired) electrons. The third-order valence-corrected chi connectivity index (χ3v) is 2.54. The molecule has 4 heteroatoms. The lowest BCUT2D eigenvalue weighted by atomic mass is 10.2. The molecule has 3 nitrogen and oxygen atoms in total. The number of rotatable bonds is 6. The summed E-state index contributed by atoms with van der Waals surface area (Å²) in [5, 5.41) is 0. The van der Waals surface area contributed by atoms with Gasteiger partial charge >= 0.3 is 0 Å².